The fourth-order valence-corrected chi connectivity index (χ4v) is 11.7. The van der Waals surface area contributed by atoms with Crippen LogP contribution in [0.4, 0.5) is 28.4 Å². The van der Waals surface area contributed by atoms with Gasteiger partial charge in [0, 0.05) is 38.3 Å². The third-order valence-corrected chi connectivity index (χ3v) is 14.6. The lowest BCUT2D eigenvalue weighted by atomic mass is 9.79. The van der Waals surface area contributed by atoms with Crippen LogP contribution < -0.4 is 9.80 Å². The number of hydrogen-bond acceptors (Lipinski definition) is 4. The van der Waals surface area contributed by atoms with E-state index < -0.39 is 0 Å². The van der Waals surface area contributed by atoms with E-state index in [0.717, 1.165) is 85.9 Å². The van der Waals surface area contributed by atoms with Gasteiger partial charge in [0.05, 0.1) is 22.7 Å². The van der Waals surface area contributed by atoms with E-state index in [1.807, 2.05) is 0 Å². The van der Waals surface area contributed by atoms with Gasteiger partial charge in [0.15, 0.2) is 11.2 Å². The molecule has 0 saturated heterocycles. The first-order chi connectivity index (χ1) is 31.6. The van der Waals surface area contributed by atoms with Crippen LogP contribution in [-0.4, -0.2) is 0 Å². The summed E-state index contributed by atoms with van der Waals surface area (Å²) in [4.78, 5) is 5.05. The van der Waals surface area contributed by atoms with E-state index in [2.05, 4.69) is 181 Å². The molecule has 64 heavy (non-hydrogen) atoms. The van der Waals surface area contributed by atoms with Crippen LogP contribution in [0.25, 0.3) is 65.4 Å². The summed E-state index contributed by atoms with van der Waals surface area (Å²) >= 11 is 0. The molecule has 1 unspecified atom stereocenters. The smallest absolute Gasteiger partial charge is 0.159 e. The zero-order chi connectivity index (χ0) is 42.5. The molecule has 4 heteroatoms. The van der Waals surface area contributed by atoms with Crippen LogP contribution in [0, 0.1) is 12.8 Å². The number of nitrogens with zero attached hydrogens (tertiary/aromatic N) is 2. The Labute approximate surface area is 373 Å². The van der Waals surface area contributed by atoms with Gasteiger partial charge in [-0.2, -0.15) is 0 Å². The van der Waals surface area contributed by atoms with Gasteiger partial charge in [-0.1, -0.05) is 135 Å². The molecule has 10 aromatic rings. The fraction of sp³-hybridized carbons (Fsp3) is 0.200. The van der Waals surface area contributed by atoms with E-state index in [9.17, 15) is 0 Å². The molecule has 13 rings (SSSR count). The molecule has 0 N–H and O–H groups in total. The summed E-state index contributed by atoms with van der Waals surface area (Å²) in [7, 11) is 0. The SMILES string of the molecule is Cc1cccc(N(c2cc(N(C3=CC=CC(C)C3)c3cccc4c3oc3ccccc34)c3ccc4cc(C5CCCCC5)cc5c4c3c2CC5)c2cccc3c2oc2ccccc23)c1. The van der Waals surface area contributed by atoms with E-state index >= 15 is 0 Å². The van der Waals surface area contributed by atoms with Crippen molar-refractivity contribution in [3.05, 3.63) is 186 Å². The maximum absolute atomic E-state index is 6.91. The number of benzene rings is 8. The van der Waals surface area contributed by atoms with Crippen molar-refractivity contribution < 1.29 is 8.83 Å². The van der Waals surface area contributed by atoms with Crippen LogP contribution >= 0.6 is 0 Å². The Kier molecular flexibility index (Phi) is 8.66. The van der Waals surface area contributed by atoms with E-state index in [1.54, 1.807) is 0 Å². The average Bonchev–Trinajstić information content (AvgIpc) is 3.91. The van der Waals surface area contributed by atoms with Crippen molar-refractivity contribution in [1.29, 1.82) is 0 Å². The minimum Gasteiger partial charge on any atom is -0.454 e. The van der Waals surface area contributed by atoms with Gasteiger partial charge in [0.1, 0.15) is 11.2 Å². The third kappa shape index (κ3) is 5.88. The van der Waals surface area contributed by atoms with Crippen LogP contribution in [0.1, 0.15) is 73.6 Å². The average molecular weight is 831 g/mol. The number of rotatable bonds is 7. The summed E-state index contributed by atoms with van der Waals surface area (Å²) in [5.41, 5.74) is 16.0. The zero-order valence-electron chi connectivity index (χ0n) is 36.5. The van der Waals surface area contributed by atoms with E-state index in [0.29, 0.717) is 11.8 Å². The second-order valence-corrected chi connectivity index (χ2v) is 18.7. The molecule has 1 fully saturated rings. The van der Waals surface area contributed by atoms with Crippen LogP contribution in [-0.2, 0) is 12.8 Å². The van der Waals surface area contributed by atoms with Crippen LogP contribution in [0.5, 0.6) is 0 Å². The predicted octanol–water partition coefficient (Wildman–Crippen LogP) is 17.3. The number of fused-ring (bicyclic) bond motifs is 6. The lowest BCUT2D eigenvalue weighted by molar-refractivity contribution is 0.443. The molecule has 0 amide bonds. The molecule has 2 heterocycles. The summed E-state index contributed by atoms with van der Waals surface area (Å²) in [6, 6.07) is 51.7. The fourth-order valence-electron chi connectivity index (χ4n) is 11.7. The van der Waals surface area contributed by atoms with Crippen LogP contribution in [0.15, 0.2) is 172 Å². The van der Waals surface area contributed by atoms with E-state index in [1.165, 1.54) is 87.3 Å². The maximum atomic E-state index is 6.91. The van der Waals surface area contributed by atoms with Gasteiger partial charge >= 0.3 is 0 Å². The second kappa shape index (κ2) is 14.8. The molecule has 312 valence electrons. The van der Waals surface area contributed by atoms with Crippen molar-refractivity contribution >= 4 is 93.9 Å². The topological polar surface area (TPSA) is 32.8 Å². The minimum absolute atomic E-state index is 0.376. The van der Waals surface area contributed by atoms with Crippen molar-refractivity contribution in [3.63, 3.8) is 0 Å². The molecule has 2 aromatic heterocycles. The Morgan fingerprint density at radius 2 is 1.23 bits per heavy atom. The Morgan fingerprint density at radius 3 is 1.95 bits per heavy atom. The van der Waals surface area contributed by atoms with Gasteiger partial charge in [-0.25, -0.2) is 0 Å². The van der Waals surface area contributed by atoms with Crippen molar-refractivity contribution in [2.75, 3.05) is 9.80 Å². The molecule has 3 aliphatic rings. The first-order valence-corrected chi connectivity index (χ1v) is 23.5. The van der Waals surface area contributed by atoms with Gasteiger partial charge in [-0.05, 0) is 138 Å². The Bertz CT molecular complexity index is 3580. The van der Waals surface area contributed by atoms with Gasteiger partial charge in [-0.3, -0.25) is 0 Å². The molecular weight excluding hydrogens is 781 g/mol. The highest BCUT2D eigenvalue weighted by atomic mass is 16.3. The first kappa shape index (κ1) is 37.5. The molecule has 4 nitrogen and oxygen atoms in total. The monoisotopic (exact) mass is 830 g/mol. The Balaban J connectivity index is 1.16. The van der Waals surface area contributed by atoms with Gasteiger partial charge < -0.3 is 18.6 Å². The highest BCUT2D eigenvalue weighted by molar-refractivity contribution is 6.20. The third-order valence-electron chi connectivity index (χ3n) is 14.6. The number of allylic oxidation sites excluding steroid dienone is 4. The molecule has 0 aliphatic heterocycles. The molecule has 0 bridgehead atoms. The van der Waals surface area contributed by atoms with Crippen LogP contribution in [0.3, 0.4) is 0 Å². The molecule has 1 atom stereocenters. The zero-order valence-corrected chi connectivity index (χ0v) is 36.5. The number of aryl methyl sites for hydroxylation is 3. The van der Waals surface area contributed by atoms with E-state index in [4.69, 9.17) is 8.83 Å². The van der Waals surface area contributed by atoms with Gasteiger partial charge in [0.25, 0.3) is 0 Å². The highest BCUT2D eigenvalue weighted by Gasteiger charge is 2.32. The molecule has 3 aliphatic carbocycles. The van der Waals surface area contributed by atoms with Crippen molar-refractivity contribution in [2.24, 2.45) is 5.92 Å². The van der Waals surface area contributed by atoms with Gasteiger partial charge in [-0.15, -0.1) is 0 Å². The molecule has 1 saturated carbocycles. The summed E-state index contributed by atoms with van der Waals surface area (Å²) in [6.45, 7) is 4.52. The highest BCUT2D eigenvalue weighted by Crippen LogP contribution is 2.53. The Morgan fingerprint density at radius 1 is 0.547 bits per heavy atom. The van der Waals surface area contributed by atoms with Crippen molar-refractivity contribution in [3.8, 4) is 0 Å². The summed E-state index contributed by atoms with van der Waals surface area (Å²) in [5.74, 6) is 1.02. The number of furan rings is 2. The van der Waals surface area contributed by atoms with Crippen LogP contribution in [0.2, 0.25) is 0 Å². The first-order valence-electron chi connectivity index (χ1n) is 23.5. The van der Waals surface area contributed by atoms with Crippen molar-refractivity contribution in [1.82, 2.24) is 0 Å². The predicted molar refractivity (Wildman–Crippen MR) is 268 cm³/mol. The quantitative estimate of drug-likeness (QED) is 0.150. The van der Waals surface area contributed by atoms with Crippen molar-refractivity contribution in [2.45, 2.75) is 71.1 Å². The lowest BCUT2D eigenvalue weighted by Crippen LogP contribution is -2.22. The summed E-state index contributed by atoms with van der Waals surface area (Å²) in [5, 5.41) is 9.89. The lowest BCUT2D eigenvalue weighted by Gasteiger charge is -2.36. The normalized spacial score (nSPS) is 16.5. The summed E-state index contributed by atoms with van der Waals surface area (Å²) < 4.78 is 13.8. The maximum Gasteiger partial charge on any atom is 0.159 e. The number of para-hydroxylation sites is 4. The molecule has 0 spiro atoms. The number of hydrogen-bond donors (Lipinski definition) is 0. The van der Waals surface area contributed by atoms with E-state index in [-0.39, 0.29) is 0 Å². The molecule has 0 radical (unpaired) electrons. The molecular formula is C60H50N2O2. The molecule has 8 aromatic carbocycles. The largest absolute Gasteiger partial charge is 0.454 e. The second-order valence-electron chi connectivity index (χ2n) is 18.7. The number of anilines is 5. The van der Waals surface area contributed by atoms with Gasteiger partial charge in [0.2, 0.25) is 0 Å². The summed E-state index contributed by atoms with van der Waals surface area (Å²) in [6.07, 6.45) is 16.3. The Hall–Kier alpha value is -7.04. The standard InChI is InChI=1S/C60H50N2O2/c1-37-14-10-18-43(32-37)61(51-24-12-22-47-45-20-6-8-26-55(45)63-59(47)51)53-36-54(50-31-29-41-35-42(39-16-4-3-5-17-39)34-40-28-30-49(53)58(50)57(40)41)62(44-19-11-15-38(2)33-44)52-25-13-23-48-46-21-7-9-27-56(46)64-60(48)52/h6-15,18-28,30,33-37,39H,3-5,16-17,29,31-32H2,1-2H3. The minimum atomic E-state index is 0.376.